The number of hydrogen-bond acceptors (Lipinski definition) is 5. The Bertz CT molecular complexity index is 485. The molecule has 2 rings (SSSR count). The first kappa shape index (κ1) is 10.6. The minimum atomic E-state index is -0.394. The second-order valence-electron chi connectivity index (χ2n) is 3.10. The molecule has 16 heavy (non-hydrogen) atoms. The van der Waals surface area contributed by atoms with Crippen LogP contribution >= 0.6 is 11.3 Å². The van der Waals surface area contributed by atoms with Crippen LogP contribution < -0.4 is 5.32 Å². The first-order valence-electron chi connectivity index (χ1n) is 4.62. The zero-order valence-electron chi connectivity index (χ0n) is 8.29. The van der Waals surface area contributed by atoms with E-state index in [1.807, 2.05) is 0 Å². The van der Waals surface area contributed by atoms with E-state index < -0.39 is 4.92 Å². The summed E-state index contributed by atoms with van der Waals surface area (Å²) in [6, 6.07) is 6.59. The number of anilines is 1. The van der Waals surface area contributed by atoms with Crippen LogP contribution in [0.3, 0.4) is 0 Å². The van der Waals surface area contributed by atoms with Gasteiger partial charge >= 0.3 is 0 Å². The van der Waals surface area contributed by atoms with Crippen molar-refractivity contribution in [2.24, 2.45) is 0 Å². The molecule has 0 saturated carbocycles. The van der Waals surface area contributed by atoms with E-state index in [-0.39, 0.29) is 5.69 Å². The summed E-state index contributed by atoms with van der Waals surface area (Å²) in [6.45, 7) is 0.551. The third-order valence-electron chi connectivity index (χ3n) is 2.04. The number of nitro benzene ring substituents is 1. The van der Waals surface area contributed by atoms with Crippen molar-refractivity contribution < 1.29 is 4.92 Å². The number of rotatable bonds is 4. The highest BCUT2D eigenvalue weighted by Gasteiger charge is 2.11. The highest BCUT2D eigenvalue weighted by Crippen LogP contribution is 2.23. The van der Waals surface area contributed by atoms with Gasteiger partial charge in [0.15, 0.2) is 0 Å². The molecule has 0 radical (unpaired) electrons. The fraction of sp³-hybridized carbons (Fsp3) is 0.100. The third kappa shape index (κ3) is 2.34. The van der Waals surface area contributed by atoms with Crippen LogP contribution in [-0.2, 0) is 6.54 Å². The van der Waals surface area contributed by atoms with Gasteiger partial charge in [0, 0.05) is 17.1 Å². The highest BCUT2D eigenvalue weighted by atomic mass is 32.1. The summed E-state index contributed by atoms with van der Waals surface area (Å²) in [4.78, 5) is 15.3. The van der Waals surface area contributed by atoms with Gasteiger partial charge < -0.3 is 5.32 Å². The lowest BCUT2D eigenvalue weighted by Crippen LogP contribution is -2.01. The summed E-state index contributed by atoms with van der Waals surface area (Å²) in [5.74, 6) is 0. The Morgan fingerprint density at radius 2 is 2.25 bits per heavy atom. The third-order valence-corrected chi connectivity index (χ3v) is 2.82. The maximum atomic E-state index is 10.7. The Labute approximate surface area is 95.9 Å². The molecule has 0 spiro atoms. The van der Waals surface area contributed by atoms with Crippen molar-refractivity contribution >= 4 is 22.7 Å². The molecule has 0 bridgehead atoms. The Kier molecular flexibility index (Phi) is 3.11. The van der Waals surface area contributed by atoms with Crippen molar-refractivity contribution in [3.63, 3.8) is 0 Å². The van der Waals surface area contributed by atoms with Gasteiger partial charge in [-0.3, -0.25) is 15.1 Å². The van der Waals surface area contributed by atoms with Crippen molar-refractivity contribution in [3.05, 3.63) is 51.0 Å². The zero-order chi connectivity index (χ0) is 11.4. The molecule has 82 valence electrons. The smallest absolute Gasteiger partial charge is 0.292 e. The number of thiazole rings is 1. The lowest BCUT2D eigenvalue weighted by molar-refractivity contribution is -0.384. The molecule has 0 aliphatic carbocycles. The quantitative estimate of drug-likeness (QED) is 0.653. The second kappa shape index (κ2) is 4.71. The summed E-state index contributed by atoms with van der Waals surface area (Å²) in [7, 11) is 0. The molecule has 2 aromatic rings. The zero-order valence-corrected chi connectivity index (χ0v) is 9.11. The molecule has 0 fully saturated rings. The van der Waals surface area contributed by atoms with Gasteiger partial charge in [0.2, 0.25) is 0 Å². The van der Waals surface area contributed by atoms with Crippen molar-refractivity contribution in [3.8, 4) is 0 Å². The second-order valence-corrected chi connectivity index (χ2v) is 4.07. The molecular formula is C10H9N3O2S. The molecule has 1 aromatic carbocycles. The molecule has 0 aliphatic rings. The number of nitrogens with zero attached hydrogens (tertiary/aromatic N) is 2. The molecule has 1 N–H and O–H groups in total. The fourth-order valence-electron chi connectivity index (χ4n) is 1.29. The number of hydrogen-bond donors (Lipinski definition) is 1. The van der Waals surface area contributed by atoms with Gasteiger partial charge in [-0.15, -0.1) is 11.3 Å². The van der Waals surface area contributed by atoms with Crippen LogP contribution in [-0.4, -0.2) is 9.91 Å². The lowest BCUT2D eigenvalue weighted by Gasteiger charge is -2.04. The fourth-order valence-corrected chi connectivity index (χ4v) is 1.83. The number of nitrogens with one attached hydrogen (secondary N) is 1. The van der Waals surface area contributed by atoms with Crippen LogP contribution in [0.15, 0.2) is 36.0 Å². The summed E-state index contributed by atoms with van der Waals surface area (Å²) in [6.07, 6.45) is 1.74. The van der Waals surface area contributed by atoms with Gasteiger partial charge in [0.1, 0.15) is 5.69 Å². The molecule has 0 atom stereocenters. The maximum absolute atomic E-state index is 10.7. The minimum absolute atomic E-state index is 0.0898. The van der Waals surface area contributed by atoms with Gasteiger partial charge in [-0.1, -0.05) is 12.1 Å². The predicted molar refractivity (Wildman–Crippen MR) is 62.5 cm³/mol. The summed E-state index contributed by atoms with van der Waals surface area (Å²) in [5.41, 5.74) is 2.35. The Balaban J connectivity index is 2.12. The molecule has 1 aromatic heterocycles. The van der Waals surface area contributed by atoms with Crippen LogP contribution in [0.2, 0.25) is 0 Å². The van der Waals surface area contributed by atoms with Gasteiger partial charge in [0.25, 0.3) is 5.69 Å². The highest BCUT2D eigenvalue weighted by molar-refractivity contribution is 7.09. The first-order chi connectivity index (χ1) is 7.77. The predicted octanol–water partition coefficient (Wildman–Crippen LogP) is 2.66. The number of nitro groups is 1. The van der Waals surface area contributed by atoms with Crippen molar-refractivity contribution in [2.75, 3.05) is 5.32 Å². The van der Waals surface area contributed by atoms with E-state index in [0.29, 0.717) is 12.2 Å². The molecule has 0 amide bonds. The van der Waals surface area contributed by atoms with E-state index in [0.717, 1.165) is 4.88 Å². The van der Waals surface area contributed by atoms with Crippen LogP contribution in [0.4, 0.5) is 11.4 Å². The van der Waals surface area contributed by atoms with Crippen molar-refractivity contribution in [1.82, 2.24) is 4.98 Å². The normalized spacial score (nSPS) is 10.0. The van der Waals surface area contributed by atoms with E-state index >= 15 is 0 Å². The van der Waals surface area contributed by atoms with E-state index in [2.05, 4.69) is 10.3 Å². The van der Waals surface area contributed by atoms with E-state index in [9.17, 15) is 10.1 Å². The topological polar surface area (TPSA) is 68.1 Å². The van der Waals surface area contributed by atoms with Crippen LogP contribution in [0.1, 0.15) is 4.88 Å². The number of aromatic nitrogens is 1. The van der Waals surface area contributed by atoms with Crippen molar-refractivity contribution in [2.45, 2.75) is 6.54 Å². The lowest BCUT2D eigenvalue weighted by atomic mass is 10.2. The first-order valence-corrected chi connectivity index (χ1v) is 5.50. The summed E-state index contributed by atoms with van der Waals surface area (Å²) in [5, 5.41) is 13.8. The summed E-state index contributed by atoms with van der Waals surface area (Å²) < 4.78 is 0. The molecule has 0 aliphatic heterocycles. The SMILES string of the molecule is O=[N+]([O-])c1ccccc1NCc1cncs1. The molecule has 1 heterocycles. The van der Waals surface area contributed by atoms with E-state index in [4.69, 9.17) is 0 Å². The van der Waals surface area contributed by atoms with Crippen LogP contribution in [0.25, 0.3) is 0 Å². The van der Waals surface area contributed by atoms with Gasteiger partial charge in [-0.2, -0.15) is 0 Å². The molecular weight excluding hydrogens is 226 g/mol. The Hall–Kier alpha value is -1.95. The molecule has 0 unspecified atom stereocenters. The Morgan fingerprint density at radius 1 is 1.44 bits per heavy atom. The van der Waals surface area contributed by atoms with Gasteiger partial charge in [0.05, 0.1) is 17.0 Å². The molecule has 0 saturated heterocycles. The standard InChI is InChI=1S/C10H9N3O2S/c14-13(15)10-4-2-1-3-9(10)12-6-8-5-11-7-16-8/h1-5,7,12H,6H2. The summed E-state index contributed by atoms with van der Waals surface area (Å²) >= 11 is 1.51. The van der Waals surface area contributed by atoms with Crippen LogP contribution in [0.5, 0.6) is 0 Å². The van der Waals surface area contributed by atoms with Gasteiger partial charge in [-0.05, 0) is 6.07 Å². The van der Waals surface area contributed by atoms with Crippen molar-refractivity contribution in [1.29, 1.82) is 0 Å². The monoisotopic (exact) mass is 235 g/mol. The average Bonchev–Trinajstić information content (AvgIpc) is 2.79. The number of benzene rings is 1. The van der Waals surface area contributed by atoms with E-state index in [1.165, 1.54) is 17.4 Å². The van der Waals surface area contributed by atoms with E-state index in [1.54, 1.807) is 29.9 Å². The maximum Gasteiger partial charge on any atom is 0.292 e. The Morgan fingerprint density at radius 3 is 2.94 bits per heavy atom. The van der Waals surface area contributed by atoms with Crippen LogP contribution in [0, 0.1) is 10.1 Å². The average molecular weight is 235 g/mol. The minimum Gasteiger partial charge on any atom is -0.375 e. The number of para-hydroxylation sites is 2. The molecule has 5 nitrogen and oxygen atoms in total. The van der Waals surface area contributed by atoms with Gasteiger partial charge in [-0.25, -0.2) is 0 Å². The molecule has 6 heteroatoms. The largest absolute Gasteiger partial charge is 0.375 e.